The van der Waals surface area contributed by atoms with Gasteiger partial charge in [-0.05, 0) is 12.5 Å². The molecule has 4 nitrogen and oxygen atoms in total. The van der Waals surface area contributed by atoms with Gasteiger partial charge < -0.3 is 15.9 Å². The van der Waals surface area contributed by atoms with Crippen LogP contribution in [0.4, 0.5) is 0 Å². The van der Waals surface area contributed by atoms with Crippen LogP contribution in [0.2, 0.25) is 0 Å². The highest BCUT2D eigenvalue weighted by Crippen LogP contribution is 2.00. The van der Waals surface area contributed by atoms with Crippen molar-refractivity contribution in [3.05, 3.63) is 12.2 Å². The van der Waals surface area contributed by atoms with Crippen molar-refractivity contribution in [3.8, 4) is 0 Å². The van der Waals surface area contributed by atoms with Crippen LogP contribution in [0.1, 0.15) is 13.3 Å². The van der Waals surface area contributed by atoms with Crippen LogP contribution in [0.5, 0.6) is 0 Å². The summed E-state index contributed by atoms with van der Waals surface area (Å²) in [7, 11) is 0. The Morgan fingerprint density at radius 2 is 2.09 bits per heavy atom. The third kappa shape index (κ3) is 3.87. The van der Waals surface area contributed by atoms with Gasteiger partial charge in [0.25, 0.3) is 0 Å². The molecular formula is C7H13NO3. The first-order valence-electron chi connectivity index (χ1n) is 3.26. The first kappa shape index (κ1) is 10.3. The maximum Gasteiger partial charge on any atom is 0.174 e. The Hall–Kier alpha value is -0.710. The van der Waals surface area contributed by atoms with Gasteiger partial charge in [-0.1, -0.05) is 6.58 Å². The Kier molecular flexibility index (Phi) is 3.95. The number of ketones is 1. The van der Waals surface area contributed by atoms with Crippen LogP contribution in [-0.2, 0) is 4.79 Å². The molecule has 0 aliphatic rings. The Labute approximate surface area is 65.3 Å². The number of hydrogen-bond acceptors (Lipinski definition) is 4. The molecule has 0 bridgehead atoms. The van der Waals surface area contributed by atoms with Crippen LogP contribution in [0, 0.1) is 0 Å². The highest BCUT2D eigenvalue weighted by Gasteiger charge is 2.16. The summed E-state index contributed by atoms with van der Waals surface area (Å²) < 4.78 is 0. The van der Waals surface area contributed by atoms with Crippen molar-refractivity contribution in [2.24, 2.45) is 5.73 Å². The van der Waals surface area contributed by atoms with Gasteiger partial charge in [-0.25, -0.2) is 0 Å². The molecule has 0 aromatic rings. The van der Waals surface area contributed by atoms with Gasteiger partial charge in [0, 0.05) is 6.42 Å². The molecular weight excluding hydrogens is 146 g/mol. The number of carbonyl (C=O) groups excluding carboxylic acids is 1. The molecule has 0 spiro atoms. The lowest BCUT2D eigenvalue weighted by molar-refractivity contribution is -0.119. The molecule has 4 N–H and O–H groups in total. The van der Waals surface area contributed by atoms with Gasteiger partial charge in [0.15, 0.2) is 12.1 Å². The predicted octanol–water partition coefficient (Wildman–Crippen LogP) is -0.840. The summed E-state index contributed by atoms with van der Waals surface area (Å²) in [5, 5.41) is 16.9. The fourth-order valence-electron chi connectivity index (χ4n) is 0.651. The van der Waals surface area contributed by atoms with Gasteiger partial charge in [-0.15, -0.1) is 0 Å². The summed E-state index contributed by atoms with van der Waals surface area (Å²) in [5.41, 5.74) is 5.62. The average molecular weight is 159 g/mol. The standard InChI is InChI=1S/C7H13NO3/c1-4(2)7(11)5(8)3-6(9)10/h5-6,9-10H,1,3,8H2,2H3. The Morgan fingerprint density at radius 1 is 1.64 bits per heavy atom. The molecule has 0 amide bonds. The molecule has 11 heavy (non-hydrogen) atoms. The normalized spacial score (nSPS) is 13.2. The number of nitrogens with two attached hydrogens (primary N) is 1. The molecule has 1 atom stereocenters. The molecule has 4 heteroatoms. The smallest absolute Gasteiger partial charge is 0.174 e. The minimum atomic E-state index is -1.53. The van der Waals surface area contributed by atoms with Gasteiger partial charge in [0.05, 0.1) is 6.04 Å². The fourth-order valence-corrected chi connectivity index (χ4v) is 0.651. The second-order valence-electron chi connectivity index (χ2n) is 2.47. The van der Waals surface area contributed by atoms with Gasteiger partial charge in [0.2, 0.25) is 0 Å². The van der Waals surface area contributed by atoms with E-state index in [0.717, 1.165) is 0 Å². The Morgan fingerprint density at radius 3 is 2.36 bits per heavy atom. The molecule has 1 unspecified atom stereocenters. The van der Waals surface area contributed by atoms with Crippen molar-refractivity contribution in [2.75, 3.05) is 0 Å². The van der Waals surface area contributed by atoms with E-state index in [9.17, 15) is 4.79 Å². The van der Waals surface area contributed by atoms with Crippen molar-refractivity contribution in [2.45, 2.75) is 25.7 Å². The summed E-state index contributed by atoms with van der Waals surface area (Å²) in [4.78, 5) is 10.9. The van der Waals surface area contributed by atoms with Crippen molar-refractivity contribution in [1.82, 2.24) is 0 Å². The molecule has 0 heterocycles. The summed E-state index contributed by atoms with van der Waals surface area (Å²) in [5.74, 6) is -0.335. The molecule has 0 aliphatic heterocycles. The van der Waals surface area contributed by atoms with Gasteiger partial charge >= 0.3 is 0 Å². The first-order valence-corrected chi connectivity index (χ1v) is 3.26. The van der Waals surface area contributed by atoms with Crippen molar-refractivity contribution >= 4 is 5.78 Å². The van der Waals surface area contributed by atoms with E-state index in [2.05, 4.69) is 6.58 Å². The van der Waals surface area contributed by atoms with Crippen molar-refractivity contribution < 1.29 is 15.0 Å². The Bertz CT molecular complexity index is 165. The number of Topliss-reactive ketones (excluding diaryl/α,β-unsaturated/α-hetero) is 1. The largest absolute Gasteiger partial charge is 0.368 e. The number of carbonyl (C=O) groups is 1. The molecule has 64 valence electrons. The lowest BCUT2D eigenvalue weighted by Crippen LogP contribution is -2.34. The van der Waals surface area contributed by atoms with E-state index in [4.69, 9.17) is 15.9 Å². The zero-order valence-corrected chi connectivity index (χ0v) is 6.45. The summed E-state index contributed by atoms with van der Waals surface area (Å²) >= 11 is 0. The quantitative estimate of drug-likeness (QED) is 0.369. The highest BCUT2D eigenvalue weighted by molar-refractivity contribution is 5.98. The second kappa shape index (κ2) is 4.23. The van der Waals surface area contributed by atoms with Crippen LogP contribution in [0.3, 0.4) is 0 Å². The molecule has 0 fully saturated rings. The lowest BCUT2D eigenvalue weighted by atomic mass is 10.1. The molecule has 0 aromatic carbocycles. The Balaban J connectivity index is 3.93. The monoisotopic (exact) mass is 159 g/mol. The minimum absolute atomic E-state index is 0.147. The van der Waals surface area contributed by atoms with E-state index in [1.54, 1.807) is 0 Å². The van der Waals surface area contributed by atoms with Crippen LogP contribution in [0.25, 0.3) is 0 Å². The average Bonchev–Trinajstić information content (AvgIpc) is 1.84. The summed E-state index contributed by atoms with van der Waals surface area (Å²) in [6, 6.07) is -0.854. The topological polar surface area (TPSA) is 83.6 Å². The maximum atomic E-state index is 10.9. The van der Waals surface area contributed by atoms with Crippen LogP contribution in [0.15, 0.2) is 12.2 Å². The molecule has 0 radical (unpaired) electrons. The van der Waals surface area contributed by atoms with Crippen LogP contribution >= 0.6 is 0 Å². The highest BCUT2D eigenvalue weighted by atomic mass is 16.5. The predicted molar refractivity (Wildman–Crippen MR) is 40.6 cm³/mol. The van der Waals surface area contributed by atoms with Gasteiger partial charge in [0.1, 0.15) is 0 Å². The number of aliphatic hydroxyl groups excluding tert-OH is 1. The molecule has 0 saturated heterocycles. The second-order valence-corrected chi connectivity index (χ2v) is 2.47. The number of hydrogen-bond donors (Lipinski definition) is 3. The number of aliphatic hydroxyl groups is 2. The van der Waals surface area contributed by atoms with E-state index in [1.165, 1.54) is 6.92 Å². The van der Waals surface area contributed by atoms with Crippen LogP contribution < -0.4 is 5.73 Å². The van der Waals surface area contributed by atoms with E-state index in [-0.39, 0.29) is 12.2 Å². The van der Waals surface area contributed by atoms with Gasteiger partial charge in [-0.2, -0.15) is 0 Å². The van der Waals surface area contributed by atoms with E-state index in [1.807, 2.05) is 0 Å². The van der Waals surface area contributed by atoms with Crippen molar-refractivity contribution in [1.29, 1.82) is 0 Å². The van der Waals surface area contributed by atoms with Crippen LogP contribution in [-0.4, -0.2) is 28.3 Å². The molecule has 0 rings (SSSR count). The summed E-state index contributed by atoms with van der Waals surface area (Å²) in [6.45, 7) is 4.92. The van der Waals surface area contributed by atoms with E-state index in [0.29, 0.717) is 5.57 Å². The lowest BCUT2D eigenvalue weighted by Gasteiger charge is -2.10. The van der Waals surface area contributed by atoms with Gasteiger partial charge in [-0.3, -0.25) is 4.79 Å². The minimum Gasteiger partial charge on any atom is -0.368 e. The molecule has 0 aliphatic carbocycles. The fraction of sp³-hybridized carbons (Fsp3) is 0.571. The van der Waals surface area contributed by atoms with E-state index >= 15 is 0 Å². The number of rotatable bonds is 4. The van der Waals surface area contributed by atoms with E-state index < -0.39 is 12.3 Å². The third-order valence-electron chi connectivity index (χ3n) is 1.22. The SMILES string of the molecule is C=C(C)C(=O)C(N)CC(O)O. The maximum absolute atomic E-state index is 10.9. The zero-order valence-electron chi connectivity index (χ0n) is 6.45. The zero-order chi connectivity index (χ0) is 9.02. The third-order valence-corrected chi connectivity index (χ3v) is 1.22. The van der Waals surface area contributed by atoms with Crippen molar-refractivity contribution in [3.63, 3.8) is 0 Å². The first-order chi connectivity index (χ1) is 4.95. The molecule has 0 saturated carbocycles. The summed E-state index contributed by atoms with van der Waals surface area (Å²) in [6.07, 6.45) is -1.68. The molecule has 0 aromatic heterocycles.